The van der Waals surface area contributed by atoms with Gasteiger partial charge in [0.05, 0.1) is 6.61 Å². The largest absolute Gasteiger partial charge is 0.394 e. The van der Waals surface area contributed by atoms with Crippen LogP contribution in [-0.4, -0.2) is 58.3 Å². The summed E-state index contributed by atoms with van der Waals surface area (Å²) in [4.78, 5) is 10.9. The van der Waals surface area contributed by atoms with Crippen molar-refractivity contribution in [3.8, 4) is 0 Å². The Labute approximate surface area is 100 Å². The third-order valence-corrected chi connectivity index (χ3v) is 2.62. The first-order valence-corrected chi connectivity index (χ1v) is 5.03. The van der Waals surface area contributed by atoms with Crippen molar-refractivity contribution in [2.75, 3.05) is 6.61 Å². The van der Waals surface area contributed by atoms with Crippen molar-refractivity contribution >= 4 is 12.1 Å². The molecule has 2 aliphatic rings. The van der Waals surface area contributed by atoms with Crippen LogP contribution < -0.4 is 5.32 Å². The van der Waals surface area contributed by atoms with E-state index in [-0.39, 0.29) is 5.82 Å². The van der Waals surface area contributed by atoms with Crippen LogP contribution in [0.1, 0.15) is 0 Å². The number of alkyl halides is 2. The van der Waals surface area contributed by atoms with Crippen LogP contribution in [0.2, 0.25) is 0 Å². The fourth-order valence-corrected chi connectivity index (χ4v) is 1.71. The maximum Gasteiger partial charge on any atom is 0.321 e. The van der Waals surface area contributed by atoms with E-state index < -0.39 is 36.9 Å². The van der Waals surface area contributed by atoms with Crippen molar-refractivity contribution in [3.63, 3.8) is 0 Å². The maximum atomic E-state index is 13.7. The molecule has 0 aromatic rings. The van der Waals surface area contributed by atoms with Gasteiger partial charge in [0.1, 0.15) is 18.1 Å². The number of nitrogens with one attached hydrogen (secondary N) is 1. The number of nitrogens with zero attached hydrogens (tertiary/aromatic N) is 2. The number of halogens is 2. The van der Waals surface area contributed by atoms with E-state index in [0.717, 1.165) is 6.21 Å². The van der Waals surface area contributed by atoms with Crippen molar-refractivity contribution < 1.29 is 28.5 Å². The first kappa shape index (κ1) is 12.9. The molecule has 18 heavy (non-hydrogen) atoms. The molecule has 1 saturated heterocycles. The first-order chi connectivity index (χ1) is 8.37. The monoisotopic (exact) mass is 263 g/mol. The zero-order valence-electron chi connectivity index (χ0n) is 9.08. The molecule has 3 atom stereocenters. The number of carbonyl (C=O) groups is 1. The standard InChI is InChI=1S/C9H11F2N3O4/c1-4-13-6(16)2-12-14(4)8-9(10,11)7(17)5(3-15)18-8/h2,5,7-8,15,17H,1,3H2,(H,13,16)/t5-,7+,8-/m1/s1. The molecule has 2 heterocycles. The Morgan fingerprint density at radius 2 is 2.33 bits per heavy atom. The van der Waals surface area contributed by atoms with Gasteiger partial charge in [0.25, 0.3) is 5.91 Å². The summed E-state index contributed by atoms with van der Waals surface area (Å²) >= 11 is 0. The van der Waals surface area contributed by atoms with Gasteiger partial charge in [-0.2, -0.15) is 13.9 Å². The Bertz CT molecular complexity index is 415. The molecular formula is C9H11F2N3O4. The highest BCUT2D eigenvalue weighted by Crippen LogP contribution is 2.39. The second kappa shape index (κ2) is 4.26. The van der Waals surface area contributed by atoms with Crippen LogP contribution in [0, 0.1) is 0 Å². The minimum absolute atomic E-state index is 0.196. The molecule has 9 heteroatoms. The Hall–Kier alpha value is -1.58. The second-order valence-corrected chi connectivity index (χ2v) is 3.85. The fourth-order valence-electron chi connectivity index (χ4n) is 1.71. The lowest BCUT2D eigenvalue weighted by Crippen LogP contribution is -2.51. The van der Waals surface area contributed by atoms with Crippen molar-refractivity contribution in [2.24, 2.45) is 5.10 Å². The van der Waals surface area contributed by atoms with E-state index in [1.165, 1.54) is 0 Å². The number of rotatable bonds is 2. The zero-order chi connectivity index (χ0) is 13.5. The van der Waals surface area contributed by atoms with Gasteiger partial charge < -0.3 is 20.3 Å². The van der Waals surface area contributed by atoms with E-state index in [1.54, 1.807) is 0 Å². The lowest BCUT2D eigenvalue weighted by atomic mass is 10.1. The van der Waals surface area contributed by atoms with Gasteiger partial charge in [-0.3, -0.25) is 4.79 Å². The van der Waals surface area contributed by atoms with Crippen LogP contribution in [0.25, 0.3) is 0 Å². The number of amides is 1. The number of hydrogen-bond donors (Lipinski definition) is 3. The molecule has 3 N–H and O–H groups in total. The number of aliphatic hydroxyl groups excluding tert-OH is 2. The van der Waals surface area contributed by atoms with Gasteiger partial charge in [0.15, 0.2) is 6.10 Å². The third-order valence-electron chi connectivity index (χ3n) is 2.62. The highest BCUT2D eigenvalue weighted by atomic mass is 19.3. The van der Waals surface area contributed by atoms with Crippen LogP contribution in [0.5, 0.6) is 0 Å². The van der Waals surface area contributed by atoms with Crippen molar-refractivity contribution in [1.29, 1.82) is 0 Å². The Morgan fingerprint density at radius 1 is 1.67 bits per heavy atom. The summed E-state index contributed by atoms with van der Waals surface area (Å²) in [6, 6.07) is 0. The summed E-state index contributed by atoms with van der Waals surface area (Å²) < 4.78 is 32.3. The fraction of sp³-hybridized carbons (Fsp3) is 0.556. The number of hydrazone groups is 1. The topological polar surface area (TPSA) is 94.4 Å². The average Bonchev–Trinajstić information content (AvgIpc) is 2.52. The molecule has 0 bridgehead atoms. The zero-order valence-corrected chi connectivity index (χ0v) is 9.08. The molecule has 0 aliphatic carbocycles. The summed E-state index contributed by atoms with van der Waals surface area (Å²) in [7, 11) is 0. The van der Waals surface area contributed by atoms with Gasteiger partial charge in [0, 0.05) is 0 Å². The van der Waals surface area contributed by atoms with Crippen LogP contribution >= 0.6 is 0 Å². The van der Waals surface area contributed by atoms with E-state index in [2.05, 4.69) is 17.0 Å². The SMILES string of the molecule is C=C1NC(=O)C=NN1[C@@H]1O[C@H](CO)[C@H](O)C1(F)F. The van der Waals surface area contributed by atoms with Crippen LogP contribution in [0.15, 0.2) is 17.5 Å². The predicted octanol–water partition coefficient (Wildman–Crippen LogP) is -1.41. The smallest absolute Gasteiger partial charge is 0.321 e. The van der Waals surface area contributed by atoms with Crippen LogP contribution in [-0.2, 0) is 9.53 Å². The maximum absolute atomic E-state index is 13.7. The van der Waals surface area contributed by atoms with Gasteiger partial charge >= 0.3 is 5.92 Å². The van der Waals surface area contributed by atoms with Gasteiger partial charge in [-0.05, 0) is 0 Å². The van der Waals surface area contributed by atoms with E-state index in [0.29, 0.717) is 5.01 Å². The van der Waals surface area contributed by atoms with E-state index in [9.17, 15) is 18.7 Å². The highest BCUT2D eigenvalue weighted by Gasteiger charge is 2.61. The summed E-state index contributed by atoms with van der Waals surface area (Å²) in [5.41, 5.74) is 0. The summed E-state index contributed by atoms with van der Waals surface area (Å²) in [5.74, 6) is -4.45. The predicted molar refractivity (Wildman–Crippen MR) is 54.3 cm³/mol. The minimum Gasteiger partial charge on any atom is -0.394 e. The quantitative estimate of drug-likeness (QED) is 0.569. The number of aliphatic hydroxyl groups is 2. The number of carbonyl (C=O) groups excluding carboxylic acids is 1. The molecule has 0 radical (unpaired) electrons. The summed E-state index contributed by atoms with van der Waals surface area (Å²) in [6.45, 7) is 2.59. The second-order valence-electron chi connectivity index (χ2n) is 3.85. The molecule has 100 valence electrons. The highest BCUT2D eigenvalue weighted by molar-refractivity contribution is 6.27. The van der Waals surface area contributed by atoms with E-state index >= 15 is 0 Å². The van der Waals surface area contributed by atoms with Crippen LogP contribution in [0.4, 0.5) is 8.78 Å². The van der Waals surface area contributed by atoms with E-state index in [1.807, 2.05) is 0 Å². The van der Waals surface area contributed by atoms with Crippen molar-refractivity contribution in [1.82, 2.24) is 10.3 Å². The number of ether oxygens (including phenoxy) is 1. The van der Waals surface area contributed by atoms with Crippen molar-refractivity contribution in [3.05, 3.63) is 12.4 Å². The molecule has 0 aromatic carbocycles. The van der Waals surface area contributed by atoms with Gasteiger partial charge in [0.2, 0.25) is 6.23 Å². The molecule has 1 amide bonds. The van der Waals surface area contributed by atoms with Gasteiger partial charge in [-0.25, -0.2) is 5.01 Å². The lowest BCUT2D eigenvalue weighted by molar-refractivity contribution is -0.161. The van der Waals surface area contributed by atoms with E-state index in [4.69, 9.17) is 9.84 Å². The Balaban J connectivity index is 2.26. The molecule has 7 nitrogen and oxygen atoms in total. The Kier molecular flexibility index (Phi) is 3.05. The normalized spacial score (nSPS) is 34.9. The molecule has 1 fully saturated rings. The minimum atomic E-state index is -3.66. The van der Waals surface area contributed by atoms with Gasteiger partial charge in [-0.1, -0.05) is 6.58 Å². The molecule has 0 unspecified atom stereocenters. The third kappa shape index (κ3) is 1.85. The summed E-state index contributed by atoms with van der Waals surface area (Å²) in [6.07, 6.45) is -4.74. The molecule has 0 saturated carbocycles. The molecule has 2 aliphatic heterocycles. The average molecular weight is 263 g/mol. The lowest BCUT2D eigenvalue weighted by Gasteiger charge is -2.32. The first-order valence-electron chi connectivity index (χ1n) is 5.03. The molecular weight excluding hydrogens is 252 g/mol. The molecule has 2 rings (SSSR count). The molecule has 0 aromatic heterocycles. The molecule has 0 spiro atoms. The number of hydrogen-bond acceptors (Lipinski definition) is 6. The van der Waals surface area contributed by atoms with Crippen LogP contribution in [0.3, 0.4) is 0 Å². The Morgan fingerprint density at radius 3 is 2.83 bits per heavy atom. The van der Waals surface area contributed by atoms with Crippen molar-refractivity contribution in [2.45, 2.75) is 24.4 Å². The summed E-state index contributed by atoms with van der Waals surface area (Å²) in [5, 5.41) is 24.5. The van der Waals surface area contributed by atoms with Gasteiger partial charge in [-0.15, -0.1) is 0 Å².